The number of carbonyl (C=O) groups is 2. The molecule has 0 saturated carbocycles. The van der Waals surface area contributed by atoms with E-state index in [4.69, 9.17) is 16.3 Å². The van der Waals surface area contributed by atoms with Crippen molar-refractivity contribution in [1.82, 2.24) is 14.8 Å². The standard InChI is InChI=1S/C25H19ClN4O3S/c1-15-3-2-4-19(11-15)30-24(16-5-8-18(26)9-6-16)28-29-25(30)34-14-21(31)17-7-10-22-20(12-17)27-23(32)13-33-22/h2-12H,13-14H2,1H3,(H,27,32). The molecule has 1 aromatic heterocycles. The van der Waals surface area contributed by atoms with Gasteiger partial charge in [0.1, 0.15) is 5.75 Å². The van der Waals surface area contributed by atoms with E-state index in [1.165, 1.54) is 11.8 Å². The monoisotopic (exact) mass is 490 g/mol. The second-order valence-electron chi connectivity index (χ2n) is 7.75. The number of amides is 1. The molecule has 0 spiro atoms. The summed E-state index contributed by atoms with van der Waals surface area (Å²) in [6.07, 6.45) is 0. The van der Waals surface area contributed by atoms with Crippen LogP contribution in [0.3, 0.4) is 0 Å². The van der Waals surface area contributed by atoms with E-state index in [0.29, 0.717) is 33.0 Å². The number of hydrogen-bond donors (Lipinski definition) is 1. The van der Waals surface area contributed by atoms with Crippen LogP contribution >= 0.6 is 23.4 Å². The Hall–Kier alpha value is -3.62. The molecule has 1 aliphatic heterocycles. The highest BCUT2D eigenvalue weighted by Crippen LogP contribution is 2.31. The summed E-state index contributed by atoms with van der Waals surface area (Å²) < 4.78 is 7.31. The molecule has 1 N–H and O–H groups in total. The van der Waals surface area contributed by atoms with Gasteiger partial charge in [0.25, 0.3) is 5.91 Å². The smallest absolute Gasteiger partial charge is 0.262 e. The van der Waals surface area contributed by atoms with Crippen molar-refractivity contribution in [2.75, 3.05) is 17.7 Å². The van der Waals surface area contributed by atoms with Crippen LogP contribution in [-0.4, -0.2) is 38.8 Å². The number of thioether (sulfide) groups is 1. The van der Waals surface area contributed by atoms with Gasteiger partial charge in [-0.1, -0.05) is 35.5 Å². The lowest BCUT2D eigenvalue weighted by Gasteiger charge is -2.18. The number of carbonyl (C=O) groups excluding carboxylic acids is 2. The zero-order valence-corrected chi connectivity index (χ0v) is 19.7. The Morgan fingerprint density at radius 2 is 1.94 bits per heavy atom. The third-order valence-electron chi connectivity index (χ3n) is 5.26. The number of ketones is 1. The van der Waals surface area contributed by atoms with Crippen molar-refractivity contribution in [3.05, 3.63) is 82.9 Å². The number of anilines is 1. The number of ether oxygens (including phenoxy) is 1. The predicted octanol–water partition coefficient (Wildman–Crippen LogP) is 5.20. The Morgan fingerprint density at radius 3 is 2.74 bits per heavy atom. The average Bonchev–Trinajstić information content (AvgIpc) is 3.26. The maximum Gasteiger partial charge on any atom is 0.262 e. The molecule has 2 heterocycles. The van der Waals surface area contributed by atoms with Crippen molar-refractivity contribution in [1.29, 1.82) is 0 Å². The van der Waals surface area contributed by atoms with Crippen molar-refractivity contribution in [2.24, 2.45) is 0 Å². The molecule has 3 aromatic carbocycles. The number of hydrogen-bond acceptors (Lipinski definition) is 6. The van der Waals surface area contributed by atoms with Gasteiger partial charge in [-0.25, -0.2) is 0 Å². The summed E-state index contributed by atoms with van der Waals surface area (Å²) in [6.45, 7) is 1.99. The first-order valence-corrected chi connectivity index (χ1v) is 11.9. The van der Waals surface area contributed by atoms with Gasteiger partial charge in [-0.15, -0.1) is 10.2 Å². The molecule has 1 aliphatic rings. The summed E-state index contributed by atoms with van der Waals surface area (Å²) in [4.78, 5) is 24.6. The van der Waals surface area contributed by atoms with E-state index >= 15 is 0 Å². The van der Waals surface area contributed by atoms with E-state index in [2.05, 4.69) is 15.5 Å². The molecule has 0 unspecified atom stereocenters. The maximum absolute atomic E-state index is 13.0. The highest BCUT2D eigenvalue weighted by atomic mass is 35.5. The molecule has 1 amide bonds. The molecule has 0 radical (unpaired) electrons. The minimum Gasteiger partial charge on any atom is -0.482 e. The van der Waals surface area contributed by atoms with Crippen molar-refractivity contribution in [3.63, 3.8) is 0 Å². The van der Waals surface area contributed by atoms with E-state index in [-0.39, 0.29) is 24.1 Å². The minimum atomic E-state index is -0.243. The van der Waals surface area contributed by atoms with Crippen molar-refractivity contribution in [2.45, 2.75) is 12.1 Å². The third kappa shape index (κ3) is 4.55. The predicted molar refractivity (Wildman–Crippen MR) is 132 cm³/mol. The van der Waals surface area contributed by atoms with Crippen molar-refractivity contribution in [3.8, 4) is 22.8 Å². The SMILES string of the molecule is Cc1cccc(-n2c(SCC(=O)c3ccc4c(c3)NC(=O)CO4)nnc2-c2ccc(Cl)cc2)c1. The van der Waals surface area contributed by atoms with E-state index in [1.807, 2.05) is 47.9 Å². The largest absolute Gasteiger partial charge is 0.482 e. The summed E-state index contributed by atoms with van der Waals surface area (Å²) in [5.74, 6) is 1.02. The Bertz CT molecular complexity index is 1400. The summed E-state index contributed by atoms with van der Waals surface area (Å²) in [5, 5.41) is 12.8. The molecule has 4 aromatic rings. The summed E-state index contributed by atoms with van der Waals surface area (Å²) in [7, 11) is 0. The van der Waals surface area contributed by atoms with Gasteiger partial charge < -0.3 is 10.1 Å². The summed E-state index contributed by atoms with van der Waals surface area (Å²) >= 11 is 7.36. The molecule has 9 heteroatoms. The molecule has 0 bridgehead atoms. The van der Waals surface area contributed by atoms with Gasteiger partial charge in [0, 0.05) is 21.8 Å². The van der Waals surface area contributed by atoms with Crippen molar-refractivity contribution < 1.29 is 14.3 Å². The van der Waals surface area contributed by atoms with Gasteiger partial charge in [-0.2, -0.15) is 0 Å². The molecule has 170 valence electrons. The molecular weight excluding hydrogens is 472 g/mol. The molecule has 0 atom stereocenters. The topological polar surface area (TPSA) is 86.1 Å². The molecule has 0 aliphatic carbocycles. The second kappa shape index (κ2) is 9.32. The fourth-order valence-corrected chi connectivity index (χ4v) is 4.59. The number of nitrogens with zero attached hydrogens (tertiary/aromatic N) is 3. The first-order chi connectivity index (χ1) is 16.5. The number of benzene rings is 3. The fourth-order valence-electron chi connectivity index (χ4n) is 3.62. The number of aromatic nitrogens is 3. The molecular formula is C25H19ClN4O3S. The second-order valence-corrected chi connectivity index (χ2v) is 9.13. The Balaban J connectivity index is 1.44. The van der Waals surface area contributed by atoms with Crippen LogP contribution in [0.15, 0.2) is 71.9 Å². The van der Waals surface area contributed by atoms with Crippen LogP contribution in [-0.2, 0) is 4.79 Å². The first kappa shape index (κ1) is 22.2. The lowest BCUT2D eigenvalue weighted by atomic mass is 10.1. The van der Waals surface area contributed by atoms with Crippen LogP contribution in [0.25, 0.3) is 17.1 Å². The number of Topliss-reactive ketones (excluding diaryl/α,β-unsaturated/α-hetero) is 1. The zero-order valence-electron chi connectivity index (χ0n) is 18.1. The zero-order chi connectivity index (χ0) is 23.7. The fraction of sp³-hybridized carbons (Fsp3) is 0.120. The number of halogens is 1. The normalized spacial score (nSPS) is 12.6. The summed E-state index contributed by atoms with van der Waals surface area (Å²) in [6, 6.07) is 20.4. The molecule has 7 nitrogen and oxygen atoms in total. The van der Waals surface area contributed by atoms with Gasteiger partial charge in [0.2, 0.25) is 0 Å². The van der Waals surface area contributed by atoms with Crippen LogP contribution in [0, 0.1) is 6.92 Å². The van der Waals surface area contributed by atoms with Crippen LogP contribution in [0.2, 0.25) is 5.02 Å². The summed E-state index contributed by atoms with van der Waals surface area (Å²) in [5.41, 5.74) is 3.84. The number of fused-ring (bicyclic) bond motifs is 1. The molecule has 0 fully saturated rings. The van der Waals surface area contributed by atoms with Crippen LogP contribution in [0.4, 0.5) is 5.69 Å². The number of rotatable bonds is 6. The van der Waals surface area contributed by atoms with Gasteiger partial charge >= 0.3 is 0 Å². The molecule has 0 saturated heterocycles. The number of aryl methyl sites for hydroxylation is 1. The van der Waals surface area contributed by atoms with Gasteiger partial charge in [-0.3, -0.25) is 14.2 Å². The van der Waals surface area contributed by atoms with E-state index in [0.717, 1.165) is 16.8 Å². The first-order valence-electron chi connectivity index (χ1n) is 10.5. The third-order valence-corrected chi connectivity index (χ3v) is 6.44. The van der Waals surface area contributed by atoms with E-state index < -0.39 is 0 Å². The highest BCUT2D eigenvalue weighted by molar-refractivity contribution is 7.99. The Morgan fingerprint density at radius 1 is 1.12 bits per heavy atom. The van der Waals surface area contributed by atoms with Crippen molar-refractivity contribution >= 4 is 40.7 Å². The van der Waals surface area contributed by atoms with Crippen LogP contribution in [0.5, 0.6) is 5.75 Å². The van der Waals surface area contributed by atoms with Crippen LogP contribution in [0.1, 0.15) is 15.9 Å². The maximum atomic E-state index is 13.0. The molecule has 5 rings (SSSR count). The lowest BCUT2D eigenvalue weighted by Crippen LogP contribution is -2.25. The highest BCUT2D eigenvalue weighted by Gasteiger charge is 2.20. The lowest BCUT2D eigenvalue weighted by molar-refractivity contribution is -0.118. The number of nitrogens with one attached hydrogen (secondary N) is 1. The minimum absolute atomic E-state index is 0.0271. The van der Waals surface area contributed by atoms with Gasteiger partial charge in [0.15, 0.2) is 23.4 Å². The molecule has 34 heavy (non-hydrogen) atoms. The Labute approximate surface area is 205 Å². The Kier molecular flexibility index (Phi) is 6.08. The van der Waals surface area contributed by atoms with Gasteiger partial charge in [0.05, 0.1) is 11.4 Å². The van der Waals surface area contributed by atoms with E-state index in [1.54, 1.807) is 30.3 Å². The van der Waals surface area contributed by atoms with Gasteiger partial charge in [-0.05, 0) is 67.1 Å². The quantitative estimate of drug-likeness (QED) is 0.295. The van der Waals surface area contributed by atoms with E-state index in [9.17, 15) is 9.59 Å². The van der Waals surface area contributed by atoms with Crippen LogP contribution < -0.4 is 10.1 Å². The average molecular weight is 491 g/mol.